The summed E-state index contributed by atoms with van der Waals surface area (Å²) in [6.07, 6.45) is 5.39. The van der Waals surface area contributed by atoms with Crippen molar-refractivity contribution in [2.24, 2.45) is 11.8 Å². The van der Waals surface area contributed by atoms with Crippen LogP contribution in [0.3, 0.4) is 0 Å². The topological polar surface area (TPSA) is 47.6 Å². The number of likely N-dealkylation sites (tertiary alicyclic amines) is 1. The molecule has 0 radical (unpaired) electrons. The van der Waals surface area contributed by atoms with Gasteiger partial charge in [-0.15, -0.1) is 0 Å². The summed E-state index contributed by atoms with van der Waals surface area (Å²) >= 11 is 0. The van der Waals surface area contributed by atoms with Gasteiger partial charge >= 0.3 is 6.03 Å². The molecular formula is C17H32N4O. The molecule has 0 aliphatic carbocycles. The molecule has 2 amide bonds. The molecule has 5 heteroatoms. The summed E-state index contributed by atoms with van der Waals surface area (Å²) in [5.41, 5.74) is 0. The molecule has 0 aromatic rings. The zero-order valence-electron chi connectivity index (χ0n) is 14.2. The van der Waals surface area contributed by atoms with Gasteiger partial charge in [-0.2, -0.15) is 0 Å². The van der Waals surface area contributed by atoms with E-state index in [9.17, 15) is 4.79 Å². The van der Waals surface area contributed by atoms with Gasteiger partial charge in [0, 0.05) is 31.7 Å². The number of piperidine rings is 3. The lowest BCUT2D eigenvalue weighted by molar-refractivity contribution is -0.00851. The fourth-order valence-electron chi connectivity index (χ4n) is 4.49. The molecule has 4 heterocycles. The van der Waals surface area contributed by atoms with Gasteiger partial charge < -0.3 is 15.5 Å². The van der Waals surface area contributed by atoms with Crippen LogP contribution in [0.25, 0.3) is 0 Å². The molecule has 4 aliphatic rings. The first-order valence-corrected chi connectivity index (χ1v) is 9.12. The van der Waals surface area contributed by atoms with E-state index >= 15 is 0 Å². The molecule has 1 unspecified atom stereocenters. The lowest BCUT2D eigenvalue weighted by Crippen LogP contribution is -2.59. The monoisotopic (exact) mass is 308 g/mol. The van der Waals surface area contributed by atoms with E-state index in [1.165, 1.54) is 58.4 Å². The Labute approximate surface area is 134 Å². The number of nitrogens with one attached hydrogen (secondary N) is 2. The van der Waals surface area contributed by atoms with Crippen LogP contribution in [0.5, 0.6) is 0 Å². The average molecular weight is 308 g/mol. The van der Waals surface area contributed by atoms with Gasteiger partial charge in [0.1, 0.15) is 0 Å². The number of carbonyl (C=O) groups excluding carboxylic acids is 1. The van der Waals surface area contributed by atoms with E-state index in [-0.39, 0.29) is 12.1 Å². The molecule has 0 saturated carbocycles. The lowest BCUT2D eigenvalue weighted by atomic mass is 9.75. The van der Waals surface area contributed by atoms with Crippen molar-refractivity contribution in [3.05, 3.63) is 0 Å². The summed E-state index contributed by atoms with van der Waals surface area (Å²) in [6, 6.07) is 0.728. The highest BCUT2D eigenvalue weighted by molar-refractivity contribution is 5.74. The number of urea groups is 1. The van der Waals surface area contributed by atoms with Gasteiger partial charge in [0.15, 0.2) is 0 Å². The number of rotatable bonds is 5. The van der Waals surface area contributed by atoms with Gasteiger partial charge in [-0.25, -0.2) is 4.79 Å². The van der Waals surface area contributed by atoms with Gasteiger partial charge in [0.05, 0.1) is 0 Å². The molecule has 4 fully saturated rings. The third-order valence-corrected chi connectivity index (χ3v) is 5.62. The number of nitrogens with zero attached hydrogens (tertiary/aromatic N) is 2. The van der Waals surface area contributed by atoms with Crippen LogP contribution in [0, 0.1) is 11.8 Å². The highest BCUT2D eigenvalue weighted by atomic mass is 16.2. The average Bonchev–Trinajstić information content (AvgIpc) is 2.98. The Morgan fingerprint density at radius 1 is 1.23 bits per heavy atom. The van der Waals surface area contributed by atoms with Crippen LogP contribution in [-0.4, -0.2) is 67.2 Å². The molecule has 22 heavy (non-hydrogen) atoms. The van der Waals surface area contributed by atoms with Crippen molar-refractivity contribution in [3.63, 3.8) is 0 Å². The second-order valence-electron chi connectivity index (χ2n) is 7.71. The summed E-state index contributed by atoms with van der Waals surface area (Å²) in [5, 5.41) is 5.96. The van der Waals surface area contributed by atoms with Crippen LogP contribution in [0.1, 0.15) is 39.5 Å². The van der Waals surface area contributed by atoms with Gasteiger partial charge in [0.2, 0.25) is 0 Å². The van der Waals surface area contributed by atoms with E-state index in [4.69, 9.17) is 0 Å². The van der Waals surface area contributed by atoms with Crippen LogP contribution in [0.15, 0.2) is 0 Å². The van der Waals surface area contributed by atoms with Crippen LogP contribution in [-0.2, 0) is 0 Å². The normalized spacial score (nSPS) is 35.0. The summed E-state index contributed by atoms with van der Waals surface area (Å²) in [5.74, 6) is 1.72. The van der Waals surface area contributed by atoms with E-state index in [1.54, 1.807) is 0 Å². The minimum absolute atomic E-state index is 0.0220. The smallest absolute Gasteiger partial charge is 0.315 e. The Morgan fingerprint density at radius 2 is 2.00 bits per heavy atom. The third kappa shape index (κ3) is 3.93. The van der Waals surface area contributed by atoms with Gasteiger partial charge in [-0.3, -0.25) is 4.90 Å². The summed E-state index contributed by atoms with van der Waals surface area (Å²) in [4.78, 5) is 17.0. The number of carbonyl (C=O) groups is 1. The second kappa shape index (κ2) is 7.18. The summed E-state index contributed by atoms with van der Waals surface area (Å²) < 4.78 is 0. The molecule has 4 atom stereocenters. The molecule has 4 rings (SSSR count). The molecule has 5 nitrogen and oxygen atoms in total. The van der Waals surface area contributed by atoms with E-state index in [2.05, 4.69) is 20.4 Å². The Balaban J connectivity index is 1.44. The van der Waals surface area contributed by atoms with Crippen LogP contribution in [0.4, 0.5) is 4.79 Å². The van der Waals surface area contributed by atoms with Crippen LogP contribution < -0.4 is 10.6 Å². The molecule has 126 valence electrons. The highest BCUT2D eigenvalue weighted by Crippen LogP contribution is 2.36. The van der Waals surface area contributed by atoms with Crippen LogP contribution >= 0.6 is 0 Å². The van der Waals surface area contributed by atoms with E-state index in [1.807, 2.05) is 13.8 Å². The molecule has 2 bridgehead atoms. The summed E-state index contributed by atoms with van der Waals surface area (Å²) in [6.45, 7) is 11.2. The largest absolute Gasteiger partial charge is 0.337 e. The predicted molar refractivity (Wildman–Crippen MR) is 88.9 cm³/mol. The Kier molecular flexibility index (Phi) is 5.24. The number of fused-ring (bicyclic) bond motifs is 3. The number of hydrogen-bond donors (Lipinski definition) is 2. The van der Waals surface area contributed by atoms with Crippen molar-refractivity contribution in [1.29, 1.82) is 0 Å². The maximum absolute atomic E-state index is 11.7. The number of hydrogen-bond acceptors (Lipinski definition) is 3. The minimum Gasteiger partial charge on any atom is -0.337 e. The molecular weight excluding hydrogens is 276 g/mol. The molecule has 0 spiro atoms. The first kappa shape index (κ1) is 16.1. The zero-order chi connectivity index (χ0) is 15.5. The quantitative estimate of drug-likeness (QED) is 0.809. The first-order chi connectivity index (χ1) is 10.6. The van der Waals surface area contributed by atoms with Gasteiger partial charge in [0.25, 0.3) is 0 Å². The second-order valence-corrected chi connectivity index (χ2v) is 7.71. The molecule has 0 aromatic heterocycles. The fourth-order valence-corrected chi connectivity index (χ4v) is 4.49. The molecule has 4 saturated heterocycles. The predicted octanol–water partition coefficient (Wildman–Crippen LogP) is 1.50. The van der Waals surface area contributed by atoms with Crippen molar-refractivity contribution in [2.45, 2.75) is 51.6 Å². The standard InChI is InChI=1S/C17H32N4O/c1-13(2)19-17(22)18-10-16-9-14-5-8-21(16)12-15(14)11-20-6-3-4-7-20/h13-16H,3-12H2,1-2H3,(H2,18,19,22)/t14-,15-,16+/m0/s1. The SMILES string of the molecule is CC(C)NC(=O)NC[C@H]1C[C@@H]2CCN1C[C@@H]2CN1CCCC1. The van der Waals surface area contributed by atoms with Crippen molar-refractivity contribution >= 4 is 6.03 Å². The van der Waals surface area contributed by atoms with Gasteiger partial charge in [-0.05, 0) is 71.0 Å². The van der Waals surface area contributed by atoms with Crippen molar-refractivity contribution in [1.82, 2.24) is 20.4 Å². The Morgan fingerprint density at radius 3 is 2.64 bits per heavy atom. The third-order valence-electron chi connectivity index (χ3n) is 5.62. The van der Waals surface area contributed by atoms with Crippen molar-refractivity contribution in [3.8, 4) is 0 Å². The zero-order valence-corrected chi connectivity index (χ0v) is 14.2. The van der Waals surface area contributed by atoms with E-state index in [0.29, 0.717) is 6.04 Å². The maximum Gasteiger partial charge on any atom is 0.315 e. The van der Waals surface area contributed by atoms with Crippen LogP contribution in [0.2, 0.25) is 0 Å². The lowest BCUT2D eigenvalue weighted by Gasteiger charge is -2.50. The highest BCUT2D eigenvalue weighted by Gasteiger charge is 2.40. The molecule has 0 aromatic carbocycles. The molecule has 2 N–H and O–H groups in total. The van der Waals surface area contributed by atoms with E-state index in [0.717, 1.165) is 18.4 Å². The van der Waals surface area contributed by atoms with E-state index < -0.39 is 0 Å². The Bertz CT molecular complexity index is 381. The maximum atomic E-state index is 11.7. The minimum atomic E-state index is -0.0220. The van der Waals surface area contributed by atoms with Gasteiger partial charge in [-0.1, -0.05) is 0 Å². The van der Waals surface area contributed by atoms with Crippen molar-refractivity contribution in [2.75, 3.05) is 39.3 Å². The first-order valence-electron chi connectivity index (χ1n) is 9.12. The Hall–Kier alpha value is -0.810. The summed E-state index contributed by atoms with van der Waals surface area (Å²) in [7, 11) is 0. The molecule has 4 aliphatic heterocycles. The number of amides is 2. The fraction of sp³-hybridized carbons (Fsp3) is 0.941. The van der Waals surface area contributed by atoms with Crippen molar-refractivity contribution < 1.29 is 4.79 Å².